The van der Waals surface area contributed by atoms with Crippen LogP contribution < -0.4 is 0 Å². The minimum absolute atomic E-state index is 1.28. The molecule has 16 nitrogen and oxygen atoms in total. The Kier molecular flexibility index (Phi) is 12.0. The van der Waals surface area contributed by atoms with Crippen molar-refractivity contribution in [2.45, 2.75) is 0 Å². The van der Waals surface area contributed by atoms with E-state index in [1.165, 1.54) is 11.1 Å². The van der Waals surface area contributed by atoms with Crippen LogP contribution in [0, 0.1) is 0 Å². The lowest BCUT2D eigenvalue weighted by Gasteiger charge is -1.98. The van der Waals surface area contributed by atoms with Crippen molar-refractivity contribution in [3.8, 4) is 11.1 Å². The van der Waals surface area contributed by atoms with Crippen LogP contribution >= 0.6 is 0 Å². The second-order valence-electron chi connectivity index (χ2n) is 4.69. The standard InChI is InChI=1S/C12H10.2H2O8S2/c1-3-7-11(8-4-1)12-9-5-2-6-10-12;2*1-7-10(5,6)8-9(2,3)4/h1-10H;2*1H,(H,2,3,4). The van der Waals surface area contributed by atoms with Crippen LogP contribution in [0.15, 0.2) is 60.7 Å². The van der Waals surface area contributed by atoms with Crippen molar-refractivity contribution in [2.24, 2.45) is 0 Å². The van der Waals surface area contributed by atoms with Crippen LogP contribution in [-0.4, -0.2) is 53.3 Å². The molecule has 0 saturated heterocycles. The van der Waals surface area contributed by atoms with Crippen LogP contribution in [0.2, 0.25) is 0 Å². The molecule has 0 saturated carbocycles. The molecule has 0 radical (unpaired) electrons. The molecule has 0 amide bonds. The maximum Gasteiger partial charge on any atom is 0.442 e. The van der Waals surface area contributed by atoms with E-state index in [2.05, 4.69) is 64.5 Å². The van der Waals surface area contributed by atoms with Crippen LogP contribution in [0.4, 0.5) is 0 Å². The fourth-order valence-electron chi connectivity index (χ4n) is 1.50. The SMILES string of the molecule is O=S(=O)(O)OS(=O)(=O)OO.O=S(=O)(O)OS(=O)(=O)OO.c1ccc(-c2ccccc2)cc1. The summed E-state index contributed by atoms with van der Waals surface area (Å²) in [5.74, 6) is 0. The minimum Gasteiger partial charge on any atom is -0.263 e. The molecule has 0 bridgehead atoms. The van der Waals surface area contributed by atoms with Gasteiger partial charge in [0.25, 0.3) is 0 Å². The summed E-state index contributed by atoms with van der Waals surface area (Å²) in [4.78, 5) is 0. The van der Waals surface area contributed by atoms with E-state index in [1.54, 1.807) is 0 Å². The van der Waals surface area contributed by atoms with E-state index >= 15 is 0 Å². The predicted octanol–water partition coefficient (Wildman–Crippen LogP) is 0.434. The third-order valence-corrected chi connectivity index (χ3v) is 5.48. The largest absolute Gasteiger partial charge is 0.442 e. The summed E-state index contributed by atoms with van der Waals surface area (Å²) in [7, 11) is -20.5. The van der Waals surface area contributed by atoms with E-state index in [1.807, 2.05) is 12.1 Å². The van der Waals surface area contributed by atoms with Crippen LogP contribution in [0.1, 0.15) is 0 Å². The van der Waals surface area contributed by atoms with Gasteiger partial charge in [-0.05, 0) is 11.1 Å². The summed E-state index contributed by atoms with van der Waals surface area (Å²) in [6, 6.07) is 20.8. The second kappa shape index (κ2) is 12.8. The Balaban J connectivity index is 0.000000455. The highest BCUT2D eigenvalue weighted by Crippen LogP contribution is 2.17. The third kappa shape index (κ3) is 15.7. The lowest BCUT2D eigenvalue weighted by Crippen LogP contribution is -2.13. The molecule has 0 fully saturated rings. The molecule has 4 N–H and O–H groups in total. The van der Waals surface area contributed by atoms with Crippen LogP contribution in [-0.2, 0) is 57.5 Å². The average Bonchev–Trinajstić information content (AvgIpc) is 2.67. The lowest BCUT2D eigenvalue weighted by molar-refractivity contribution is -0.138. The molecule has 2 rings (SSSR count). The number of hydrogen-bond donors (Lipinski definition) is 4. The smallest absolute Gasteiger partial charge is 0.263 e. The van der Waals surface area contributed by atoms with Gasteiger partial charge in [-0.2, -0.15) is 33.7 Å². The summed E-state index contributed by atoms with van der Waals surface area (Å²) in [6.07, 6.45) is 0. The molecule has 0 aliphatic rings. The summed E-state index contributed by atoms with van der Waals surface area (Å²) < 4.78 is 103. The van der Waals surface area contributed by atoms with Crippen LogP contribution in [0.3, 0.4) is 0 Å². The summed E-state index contributed by atoms with van der Waals surface area (Å²) in [5, 5.41) is 14.7. The molecule has 32 heavy (non-hydrogen) atoms. The van der Waals surface area contributed by atoms with E-state index in [4.69, 9.17) is 19.6 Å². The van der Waals surface area contributed by atoms with E-state index < -0.39 is 41.6 Å². The number of benzene rings is 2. The van der Waals surface area contributed by atoms with Gasteiger partial charge in [-0.1, -0.05) is 76.6 Å². The van der Waals surface area contributed by atoms with E-state index in [0.717, 1.165) is 0 Å². The average molecular weight is 542 g/mol. The maximum absolute atomic E-state index is 9.78. The van der Waals surface area contributed by atoms with Gasteiger partial charge in [-0.25, -0.2) is 10.5 Å². The van der Waals surface area contributed by atoms with Crippen molar-refractivity contribution in [1.82, 2.24) is 0 Å². The van der Waals surface area contributed by atoms with Crippen molar-refractivity contribution >= 4 is 41.6 Å². The second-order valence-corrected chi connectivity index (χ2v) is 9.42. The van der Waals surface area contributed by atoms with Crippen molar-refractivity contribution in [2.75, 3.05) is 0 Å². The van der Waals surface area contributed by atoms with Gasteiger partial charge < -0.3 is 0 Å². The summed E-state index contributed by atoms with van der Waals surface area (Å²) in [6.45, 7) is 0. The predicted molar refractivity (Wildman–Crippen MR) is 102 cm³/mol. The van der Waals surface area contributed by atoms with Gasteiger partial charge in [0.05, 0.1) is 0 Å². The van der Waals surface area contributed by atoms with Gasteiger partial charge in [0.1, 0.15) is 0 Å². The molecule has 0 aliphatic heterocycles. The highest BCUT2D eigenvalue weighted by molar-refractivity contribution is 7.95. The molecule has 182 valence electrons. The molecular weight excluding hydrogens is 528 g/mol. The van der Waals surface area contributed by atoms with Crippen molar-refractivity contribution < 1.29 is 69.2 Å². The van der Waals surface area contributed by atoms with Gasteiger partial charge in [0.2, 0.25) is 0 Å². The molecule has 0 aromatic heterocycles. The third-order valence-electron chi connectivity index (χ3n) is 2.40. The first-order valence-corrected chi connectivity index (χ1v) is 12.5. The molecule has 0 aliphatic carbocycles. The Hall–Kier alpha value is -2.08. The lowest BCUT2D eigenvalue weighted by atomic mass is 10.1. The Morgan fingerprint density at radius 3 is 0.906 bits per heavy atom. The summed E-state index contributed by atoms with van der Waals surface area (Å²) >= 11 is 0. The molecule has 0 atom stereocenters. The first kappa shape index (κ1) is 29.9. The highest BCUT2D eigenvalue weighted by Gasteiger charge is 2.21. The normalized spacial score (nSPS) is 12.0. The fourth-order valence-corrected chi connectivity index (χ4v) is 3.38. The summed E-state index contributed by atoms with van der Waals surface area (Å²) in [5.41, 5.74) is 2.55. The molecule has 0 heterocycles. The van der Waals surface area contributed by atoms with Gasteiger partial charge in [-0.3, -0.25) is 9.11 Å². The van der Waals surface area contributed by atoms with Gasteiger partial charge >= 0.3 is 41.6 Å². The quantitative estimate of drug-likeness (QED) is 0.210. The molecular formula is C12H14O16S4. The Morgan fingerprint density at radius 1 is 0.500 bits per heavy atom. The first-order chi connectivity index (χ1) is 14.5. The Labute approximate surface area is 182 Å². The van der Waals surface area contributed by atoms with E-state index in [0.29, 0.717) is 0 Å². The van der Waals surface area contributed by atoms with Gasteiger partial charge in [-0.15, -0.1) is 0 Å². The van der Waals surface area contributed by atoms with Gasteiger partial charge in [0, 0.05) is 0 Å². The first-order valence-electron chi connectivity index (χ1n) is 7.13. The van der Waals surface area contributed by atoms with Crippen molar-refractivity contribution in [3.63, 3.8) is 0 Å². The topological polar surface area (TPSA) is 254 Å². The number of hydrogen-bond acceptors (Lipinski definition) is 14. The zero-order valence-corrected chi connectivity index (χ0v) is 18.4. The molecule has 20 heteroatoms. The van der Waals surface area contributed by atoms with E-state index in [-0.39, 0.29) is 0 Å². The van der Waals surface area contributed by atoms with E-state index in [9.17, 15) is 33.7 Å². The van der Waals surface area contributed by atoms with Crippen LogP contribution in [0.5, 0.6) is 0 Å². The molecule has 2 aromatic rings. The number of rotatable bonds is 7. The zero-order chi connectivity index (χ0) is 25.1. The Morgan fingerprint density at radius 2 is 0.750 bits per heavy atom. The minimum atomic E-state index is -5.17. The molecule has 0 unspecified atom stereocenters. The molecule has 0 spiro atoms. The van der Waals surface area contributed by atoms with Crippen molar-refractivity contribution in [3.05, 3.63) is 60.7 Å². The Bertz CT molecular complexity index is 1140. The van der Waals surface area contributed by atoms with Crippen molar-refractivity contribution in [1.29, 1.82) is 0 Å². The zero-order valence-electron chi connectivity index (χ0n) is 15.1. The fraction of sp³-hybridized carbons (Fsp3) is 0. The van der Waals surface area contributed by atoms with Crippen LogP contribution in [0.25, 0.3) is 11.1 Å². The highest BCUT2D eigenvalue weighted by atomic mass is 32.3. The molecule has 2 aromatic carbocycles. The monoisotopic (exact) mass is 542 g/mol. The maximum atomic E-state index is 9.78. The van der Waals surface area contributed by atoms with Gasteiger partial charge in [0.15, 0.2) is 0 Å².